The van der Waals surface area contributed by atoms with Crippen LogP contribution in [-0.4, -0.2) is 59.3 Å². The van der Waals surface area contributed by atoms with Crippen molar-refractivity contribution in [2.45, 2.75) is 83.6 Å². The van der Waals surface area contributed by atoms with Gasteiger partial charge in [-0.25, -0.2) is 0 Å². The predicted octanol–water partition coefficient (Wildman–Crippen LogP) is 3.05. The number of likely N-dealkylation sites (tertiary alicyclic amines) is 1. The third kappa shape index (κ3) is 5.93. The van der Waals surface area contributed by atoms with Crippen LogP contribution in [0.4, 0.5) is 0 Å². The summed E-state index contributed by atoms with van der Waals surface area (Å²) in [6.45, 7) is 9.12. The Kier molecular flexibility index (Phi) is 8.13. The van der Waals surface area contributed by atoms with Crippen LogP contribution in [-0.2, 0) is 6.42 Å². The van der Waals surface area contributed by atoms with Crippen molar-refractivity contribution in [1.29, 1.82) is 0 Å². The summed E-state index contributed by atoms with van der Waals surface area (Å²) in [6, 6.07) is 0. The molecule has 2 aliphatic rings. The number of aliphatic imine (C=N–C) groups is 1. The first-order valence-corrected chi connectivity index (χ1v) is 11.3. The van der Waals surface area contributed by atoms with E-state index in [0.717, 1.165) is 38.4 Å². The van der Waals surface area contributed by atoms with Crippen molar-refractivity contribution in [3.8, 4) is 0 Å². The fourth-order valence-corrected chi connectivity index (χ4v) is 4.61. The van der Waals surface area contributed by atoms with Gasteiger partial charge in [0.1, 0.15) is 0 Å². The van der Waals surface area contributed by atoms with Crippen molar-refractivity contribution in [2.24, 2.45) is 4.99 Å². The van der Waals surface area contributed by atoms with Crippen molar-refractivity contribution in [3.63, 3.8) is 0 Å². The van der Waals surface area contributed by atoms with E-state index >= 15 is 0 Å². The van der Waals surface area contributed by atoms with E-state index in [4.69, 9.17) is 9.52 Å². The van der Waals surface area contributed by atoms with Gasteiger partial charge in [0.15, 0.2) is 11.8 Å². The molecule has 2 fully saturated rings. The van der Waals surface area contributed by atoms with Crippen molar-refractivity contribution < 1.29 is 4.52 Å². The van der Waals surface area contributed by atoms with E-state index in [1.807, 2.05) is 6.92 Å². The SMILES string of the molecule is CCNC(=NCC1(N2CCCCC2)CCCCC1)NCCCc1nc(C)no1. The zero-order valence-electron chi connectivity index (χ0n) is 17.8. The molecule has 1 aliphatic carbocycles. The maximum Gasteiger partial charge on any atom is 0.226 e. The maximum atomic E-state index is 5.19. The molecule has 7 heteroatoms. The molecular formula is C21H38N6O. The molecule has 28 heavy (non-hydrogen) atoms. The van der Waals surface area contributed by atoms with Crippen molar-refractivity contribution in [2.75, 3.05) is 32.7 Å². The van der Waals surface area contributed by atoms with Crippen LogP contribution in [0.1, 0.15) is 76.4 Å². The lowest BCUT2D eigenvalue weighted by Gasteiger charge is -2.47. The lowest BCUT2D eigenvalue weighted by atomic mass is 9.79. The van der Waals surface area contributed by atoms with Crippen molar-refractivity contribution in [3.05, 3.63) is 11.7 Å². The molecular weight excluding hydrogens is 352 g/mol. The van der Waals surface area contributed by atoms with Gasteiger partial charge in [0.25, 0.3) is 0 Å². The number of rotatable bonds is 8. The normalized spacial score (nSPS) is 20.9. The predicted molar refractivity (Wildman–Crippen MR) is 113 cm³/mol. The molecule has 2 N–H and O–H groups in total. The fraction of sp³-hybridized carbons (Fsp3) is 0.857. The minimum Gasteiger partial charge on any atom is -0.357 e. The van der Waals surface area contributed by atoms with Gasteiger partial charge in [-0.3, -0.25) is 9.89 Å². The third-order valence-electron chi connectivity index (χ3n) is 6.12. The molecule has 0 amide bonds. The second-order valence-electron chi connectivity index (χ2n) is 8.29. The molecule has 158 valence electrons. The number of aromatic nitrogens is 2. The van der Waals surface area contributed by atoms with E-state index < -0.39 is 0 Å². The summed E-state index contributed by atoms with van der Waals surface area (Å²) in [5.74, 6) is 2.35. The first-order chi connectivity index (χ1) is 13.7. The average molecular weight is 391 g/mol. The van der Waals surface area contributed by atoms with Crippen LogP contribution in [0.2, 0.25) is 0 Å². The second kappa shape index (κ2) is 10.8. The highest BCUT2D eigenvalue weighted by molar-refractivity contribution is 5.79. The summed E-state index contributed by atoms with van der Waals surface area (Å²) >= 11 is 0. The largest absolute Gasteiger partial charge is 0.357 e. The Balaban J connectivity index is 1.54. The van der Waals surface area contributed by atoms with Gasteiger partial charge in [0.05, 0.1) is 6.54 Å². The van der Waals surface area contributed by atoms with E-state index in [1.54, 1.807) is 0 Å². The third-order valence-corrected chi connectivity index (χ3v) is 6.12. The number of nitrogens with one attached hydrogen (secondary N) is 2. The number of aryl methyl sites for hydroxylation is 2. The molecule has 0 atom stereocenters. The monoisotopic (exact) mass is 390 g/mol. The molecule has 0 unspecified atom stereocenters. The molecule has 0 bridgehead atoms. The lowest BCUT2D eigenvalue weighted by molar-refractivity contribution is 0.0407. The highest BCUT2D eigenvalue weighted by Gasteiger charge is 2.38. The van der Waals surface area contributed by atoms with E-state index in [2.05, 4.69) is 32.6 Å². The van der Waals surface area contributed by atoms with Gasteiger partial charge in [0, 0.05) is 25.0 Å². The summed E-state index contributed by atoms with van der Waals surface area (Å²) in [5.41, 5.74) is 0.280. The van der Waals surface area contributed by atoms with Gasteiger partial charge >= 0.3 is 0 Å². The average Bonchev–Trinajstić information content (AvgIpc) is 3.15. The first kappa shape index (κ1) is 21.1. The standard InChI is InChI=1S/C21H38N6O/c1-3-22-20(23-14-10-11-19-25-18(2)26-28-19)24-17-21(12-6-4-7-13-21)27-15-8-5-9-16-27/h3-17H2,1-2H3,(H2,22,23,24). The molecule has 2 heterocycles. The van der Waals surface area contributed by atoms with Gasteiger partial charge in [-0.15, -0.1) is 0 Å². The van der Waals surface area contributed by atoms with Crippen LogP contribution in [0, 0.1) is 6.92 Å². The van der Waals surface area contributed by atoms with Crippen molar-refractivity contribution >= 4 is 5.96 Å². The highest BCUT2D eigenvalue weighted by atomic mass is 16.5. The van der Waals surface area contributed by atoms with Gasteiger partial charge < -0.3 is 15.2 Å². The Hall–Kier alpha value is -1.63. The topological polar surface area (TPSA) is 78.6 Å². The van der Waals surface area contributed by atoms with E-state index in [1.165, 1.54) is 64.5 Å². The number of hydrogen-bond acceptors (Lipinski definition) is 5. The molecule has 1 aliphatic heterocycles. The van der Waals surface area contributed by atoms with Crippen LogP contribution in [0.5, 0.6) is 0 Å². The maximum absolute atomic E-state index is 5.19. The number of hydrogen-bond donors (Lipinski definition) is 2. The second-order valence-corrected chi connectivity index (χ2v) is 8.29. The van der Waals surface area contributed by atoms with Crippen LogP contribution in [0.3, 0.4) is 0 Å². The summed E-state index contributed by atoms with van der Waals surface area (Å²) in [4.78, 5) is 12.1. The van der Waals surface area contributed by atoms with Gasteiger partial charge in [-0.05, 0) is 59.0 Å². The summed E-state index contributed by atoms with van der Waals surface area (Å²) in [6.07, 6.45) is 12.5. The number of piperidine rings is 1. The molecule has 1 saturated carbocycles. The number of guanidine groups is 1. The minimum absolute atomic E-state index is 0.280. The summed E-state index contributed by atoms with van der Waals surface area (Å²) in [5, 5.41) is 10.7. The van der Waals surface area contributed by atoms with Crippen molar-refractivity contribution in [1.82, 2.24) is 25.7 Å². The molecule has 1 aromatic rings. The molecule has 0 spiro atoms. The van der Waals surface area contributed by atoms with E-state index in [9.17, 15) is 0 Å². The Morgan fingerprint density at radius 2 is 1.86 bits per heavy atom. The molecule has 7 nitrogen and oxygen atoms in total. The molecule has 0 radical (unpaired) electrons. The van der Waals surface area contributed by atoms with Gasteiger partial charge in [-0.2, -0.15) is 4.98 Å². The molecule has 1 saturated heterocycles. The fourth-order valence-electron chi connectivity index (χ4n) is 4.61. The zero-order valence-corrected chi connectivity index (χ0v) is 17.8. The Labute approximate surface area is 169 Å². The highest BCUT2D eigenvalue weighted by Crippen LogP contribution is 2.35. The van der Waals surface area contributed by atoms with Crippen LogP contribution in [0.15, 0.2) is 9.52 Å². The van der Waals surface area contributed by atoms with E-state index in [0.29, 0.717) is 11.7 Å². The Bertz CT molecular complexity index is 602. The summed E-state index contributed by atoms with van der Waals surface area (Å²) < 4.78 is 5.19. The number of nitrogens with zero attached hydrogens (tertiary/aromatic N) is 4. The zero-order chi connectivity index (χ0) is 19.7. The van der Waals surface area contributed by atoms with Crippen LogP contribution in [0.25, 0.3) is 0 Å². The Morgan fingerprint density at radius 1 is 1.11 bits per heavy atom. The summed E-state index contributed by atoms with van der Waals surface area (Å²) in [7, 11) is 0. The first-order valence-electron chi connectivity index (χ1n) is 11.3. The quantitative estimate of drug-likeness (QED) is 0.403. The molecule has 3 rings (SSSR count). The molecule has 1 aromatic heterocycles. The van der Waals surface area contributed by atoms with E-state index in [-0.39, 0.29) is 5.54 Å². The van der Waals surface area contributed by atoms with Crippen LogP contribution < -0.4 is 10.6 Å². The lowest BCUT2D eigenvalue weighted by Crippen LogP contribution is -2.54. The van der Waals surface area contributed by atoms with Gasteiger partial charge in [-0.1, -0.05) is 30.8 Å². The molecule has 0 aromatic carbocycles. The Morgan fingerprint density at radius 3 is 2.54 bits per heavy atom. The van der Waals surface area contributed by atoms with Crippen LogP contribution >= 0.6 is 0 Å². The van der Waals surface area contributed by atoms with Gasteiger partial charge in [0.2, 0.25) is 5.89 Å². The smallest absolute Gasteiger partial charge is 0.226 e. The minimum atomic E-state index is 0.280.